The first kappa shape index (κ1) is 16.0. The first-order chi connectivity index (χ1) is 11.1. The molecule has 5 heteroatoms. The van der Waals surface area contributed by atoms with E-state index in [2.05, 4.69) is 10.2 Å². The monoisotopic (exact) mass is 315 g/mol. The number of fused-ring (bicyclic) bond motifs is 1. The summed E-state index contributed by atoms with van der Waals surface area (Å²) in [7, 11) is 0. The molecule has 0 unspecified atom stereocenters. The minimum atomic E-state index is -0.949. The van der Waals surface area contributed by atoms with Crippen molar-refractivity contribution in [3.63, 3.8) is 0 Å². The zero-order valence-corrected chi connectivity index (χ0v) is 14.0. The van der Waals surface area contributed by atoms with E-state index in [0.29, 0.717) is 13.1 Å². The van der Waals surface area contributed by atoms with Gasteiger partial charge in [0.05, 0.1) is 0 Å². The Bertz CT molecular complexity index is 610. The van der Waals surface area contributed by atoms with Crippen LogP contribution in [-0.2, 0) is 15.1 Å². The zero-order valence-electron chi connectivity index (χ0n) is 14.0. The Labute approximate surface area is 137 Å². The summed E-state index contributed by atoms with van der Waals surface area (Å²) in [6.45, 7) is 6.60. The Morgan fingerprint density at radius 1 is 1.22 bits per heavy atom. The lowest BCUT2D eigenvalue weighted by Gasteiger charge is -2.36. The average Bonchev–Trinajstić information content (AvgIpc) is 2.77. The number of nitrogens with zero attached hydrogens (tertiary/aromatic N) is 2. The molecule has 1 atom stereocenters. The molecule has 1 saturated heterocycles. The quantitative estimate of drug-likeness (QED) is 0.923. The number of anilines is 1. The van der Waals surface area contributed by atoms with Gasteiger partial charge in [0.2, 0.25) is 5.91 Å². The van der Waals surface area contributed by atoms with Crippen molar-refractivity contribution in [2.24, 2.45) is 0 Å². The smallest absolute Gasteiger partial charge is 0.258 e. The van der Waals surface area contributed by atoms with Gasteiger partial charge in [0, 0.05) is 31.3 Å². The summed E-state index contributed by atoms with van der Waals surface area (Å²) in [5.74, 6) is -0.176. The number of hydrogen-bond donors (Lipinski definition) is 1. The van der Waals surface area contributed by atoms with Gasteiger partial charge in [-0.2, -0.15) is 0 Å². The number of piperidine rings is 1. The van der Waals surface area contributed by atoms with Crippen molar-refractivity contribution in [3.8, 4) is 0 Å². The summed E-state index contributed by atoms with van der Waals surface area (Å²) >= 11 is 0. The van der Waals surface area contributed by atoms with E-state index in [0.717, 1.165) is 37.2 Å². The molecule has 1 aromatic rings. The summed E-state index contributed by atoms with van der Waals surface area (Å²) < 4.78 is 0. The number of benzene rings is 1. The van der Waals surface area contributed by atoms with Crippen molar-refractivity contribution >= 4 is 17.5 Å². The van der Waals surface area contributed by atoms with E-state index in [1.165, 1.54) is 13.3 Å². The molecule has 2 aliphatic rings. The number of amides is 2. The molecule has 0 saturated carbocycles. The second-order valence-corrected chi connectivity index (χ2v) is 6.49. The lowest BCUT2D eigenvalue weighted by Crippen LogP contribution is -2.59. The Morgan fingerprint density at radius 2 is 1.91 bits per heavy atom. The molecule has 23 heavy (non-hydrogen) atoms. The van der Waals surface area contributed by atoms with Gasteiger partial charge in [-0.1, -0.05) is 24.6 Å². The molecule has 0 aliphatic carbocycles. The first-order valence-corrected chi connectivity index (χ1v) is 8.51. The van der Waals surface area contributed by atoms with Crippen LogP contribution in [0.3, 0.4) is 0 Å². The van der Waals surface area contributed by atoms with Crippen molar-refractivity contribution in [1.29, 1.82) is 0 Å². The maximum atomic E-state index is 13.2. The zero-order chi connectivity index (χ0) is 16.4. The van der Waals surface area contributed by atoms with Gasteiger partial charge in [0.1, 0.15) is 0 Å². The fourth-order valence-electron chi connectivity index (χ4n) is 3.91. The molecule has 2 amide bonds. The average molecular weight is 315 g/mol. The van der Waals surface area contributed by atoms with E-state index in [9.17, 15) is 9.59 Å². The standard InChI is InChI=1S/C18H25N3O2/c1-3-21-16-10-6-5-9-15(16)18(17(21)23,19-14(2)22)13-20-11-7-4-8-12-20/h5-6,9-10H,3-4,7-8,11-13H2,1-2H3,(H,19,22)/t18-/m1/s1. The fraction of sp³-hybridized carbons (Fsp3) is 0.556. The molecule has 5 nitrogen and oxygen atoms in total. The Balaban J connectivity index is 2.03. The van der Waals surface area contributed by atoms with Crippen LogP contribution in [0.15, 0.2) is 24.3 Å². The van der Waals surface area contributed by atoms with Crippen LogP contribution in [0.5, 0.6) is 0 Å². The highest BCUT2D eigenvalue weighted by Crippen LogP contribution is 2.41. The van der Waals surface area contributed by atoms with E-state index in [-0.39, 0.29) is 11.8 Å². The van der Waals surface area contributed by atoms with Crippen LogP contribution < -0.4 is 10.2 Å². The lowest BCUT2D eigenvalue weighted by atomic mass is 9.89. The number of likely N-dealkylation sites (tertiary alicyclic amines) is 1. The minimum Gasteiger partial charge on any atom is -0.337 e. The SMILES string of the molecule is CCN1C(=O)[C@](CN2CCCCC2)(NC(C)=O)c2ccccc21. The van der Waals surface area contributed by atoms with E-state index in [1.54, 1.807) is 4.90 Å². The number of rotatable bonds is 4. The number of hydrogen-bond acceptors (Lipinski definition) is 3. The van der Waals surface area contributed by atoms with Crippen LogP contribution in [0.25, 0.3) is 0 Å². The van der Waals surface area contributed by atoms with Crippen molar-refractivity contribution in [2.75, 3.05) is 31.1 Å². The van der Waals surface area contributed by atoms with Gasteiger partial charge < -0.3 is 15.1 Å². The third-order valence-electron chi connectivity index (χ3n) is 4.88. The highest BCUT2D eigenvalue weighted by Gasteiger charge is 2.51. The molecule has 0 spiro atoms. The van der Waals surface area contributed by atoms with E-state index in [4.69, 9.17) is 0 Å². The van der Waals surface area contributed by atoms with Gasteiger partial charge in [0.25, 0.3) is 5.91 Å². The normalized spacial score (nSPS) is 24.6. The number of para-hydroxylation sites is 1. The van der Waals surface area contributed by atoms with Crippen LogP contribution in [-0.4, -0.2) is 42.9 Å². The summed E-state index contributed by atoms with van der Waals surface area (Å²) in [5, 5.41) is 3.00. The van der Waals surface area contributed by atoms with Gasteiger partial charge in [-0.15, -0.1) is 0 Å². The molecule has 0 bridgehead atoms. The van der Waals surface area contributed by atoms with Gasteiger partial charge in [-0.25, -0.2) is 0 Å². The highest BCUT2D eigenvalue weighted by atomic mass is 16.2. The van der Waals surface area contributed by atoms with Crippen molar-refractivity contribution in [3.05, 3.63) is 29.8 Å². The molecular weight excluding hydrogens is 290 g/mol. The number of likely N-dealkylation sites (N-methyl/N-ethyl adjacent to an activating group) is 1. The first-order valence-electron chi connectivity index (χ1n) is 8.51. The summed E-state index contributed by atoms with van der Waals surface area (Å²) in [6.07, 6.45) is 3.56. The maximum absolute atomic E-state index is 13.2. The van der Waals surface area contributed by atoms with Gasteiger partial charge >= 0.3 is 0 Å². The second kappa shape index (κ2) is 6.32. The molecule has 2 aliphatic heterocycles. The van der Waals surface area contributed by atoms with Gasteiger partial charge in [-0.05, 0) is 38.9 Å². The predicted molar refractivity (Wildman–Crippen MR) is 90.3 cm³/mol. The number of nitrogens with one attached hydrogen (secondary N) is 1. The van der Waals surface area contributed by atoms with Crippen LogP contribution >= 0.6 is 0 Å². The second-order valence-electron chi connectivity index (χ2n) is 6.49. The molecule has 1 fully saturated rings. The third-order valence-corrected chi connectivity index (χ3v) is 4.88. The number of carbonyl (C=O) groups is 2. The van der Waals surface area contributed by atoms with Crippen LogP contribution in [0.1, 0.15) is 38.7 Å². The molecule has 0 aromatic heterocycles. The predicted octanol–water partition coefficient (Wildman–Crippen LogP) is 1.87. The Kier molecular flexibility index (Phi) is 4.39. The van der Waals surface area contributed by atoms with Crippen LogP contribution in [0, 0.1) is 0 Å². The van der Waals surface area contributed by atoms with E-state index in [1.807, 2.05) is 31.2 Å². The van der Waals surface area contributed by atoms with E-state index >= 15 is 0 Å². The maximum Gasteiger partial charge on any atom is 0.258 e. The molecule has 1 aromatic carbocycles. The number of carbonyl (C=O) groups excluding carboxylic acids is 2. The molecule has 0 radical (unpaired) electrons. The summed E-state index contributed by atoms with van der Waals surface area (Å²) in [6, 6.07) is 7.83. The molecular formula is C18H25N3O2. The lowest BCUT2D eigenvalue weighted by molar-refractivity contribution is -0.131. The Morgan fingerprint density at radius 3 is 2.57 bits per heavy atom. The summed E-state index contributed by atoms with van der Waals surface area (Å²) in [4.78, 5) is 29.2. The Hall–Kier alpha value is -1.88. The van der Waals surface area contributed by atoms with Crippen molar-refractivity contribution in [1.82, 2.24) is 10.2 Å². The van der Waals surface area contributed by atoms with E-state index < -0.39 is 5.54 Å². The van der Waals surface area contributed by atoms with Crippen molar-refractivity contribution in [2.45, 2.75) is 38.6 Å². The minimum absolute atomic E-state index is 0.0121. The topological polar surface area (TPSA) is 52.7 Å². The fourth-order valence-corrected chi connectivity index (χ4v) is 3.91. The van der Waals surface area contributed by atoms with Crippen molar-refractivity contribution < 1.29 is 9.59 Å². The summed E-state index contributed by atoms with van der Waals surface area (Å²) in [5.41, 5.74) is 0.897. The highest BCUT2D eigenvalue weighted by molar-refractivity contribution is 6.09. The molecule has 1 N–H and O–H groups in total. The van der Waals surface area contributed by atoms with Gasteiger partial charge in [0.15, 0.2) is 5.54 Å². The largest absolute Gasteiger partial charge is 0.337 e. The third kappa shape index (κ3) is 2.74. The van der Waals surface area contributed by atoms with Crippen LogP contribution in [0.2, 0.25) is 0 Å². The van der Waals surface area contributed by atoms with Crippen LogP contribution in [0.4, 0.5) is 5.69 Å². The molecule has 3 rings (SSSR count). The van der Waals surface area contributed by atoms with Gasteiger partial charge in [-0.3, -0.25) is 9.59 Å². The molecule has 124 valence electrons. The molecule has 2 heterocycles.